The van der Waals surface area contributed by atoms with E-state index in [9.17, 15) is 4.79 Å². The molecule has 1 saturated heterocycles. The molecule has 180 valence electrons. The number of fused-ring (bicyclic) bond motifs is 2. The molecule has 0 spiro atoms. The average Bonchev–Trinajstić information content (AvgIpc) is 3.40. The third-order valence-corrected chi connectivity index (χ3v) is 6.85. The van der Waals surface area contributed by atoms with Gasteiger partial charge in [-0.05, 0) is 41.5 Å². The number of carbonyl (C=O) groups is 1. The van der Waals surface area contributed by atoms with Gasteiger partial charge in [-0.15, -0.1) is 0 Å². The number of rotatable bonds is 5. The fourth-order valence-corrected chi connectivity index (χ4v) is 4.90. The van der Waals surface area contributed by atoms with Crippen LogP contribution in [0.2, 0.25) is 0 Å². The largest absolute Gasteiger partial charge is 0.314 e. The fraction of sp³-hybridized carbons (Fsp3) is 0.233. The molecule has 3 heterocycles. The van der Waals surface area contributed by atoms with Crippen molar-refractivity contribution in [2.24, 2.45) is 0 Å². The number of hydrogen-bond donors (Lipinski definition) is 2. The van der Waals surface area contributed by atoms with Gasteiger partial charge in [0.15, 0.2) is 0 Å². The Bertz CT molecular complexity index is 1360. The first-order valence-electron chi connectivity index (χ1n) is 12.4. The van der Waals surface area contributed by atoms with E-state index in [1.807, 2.05) is 48.5 Å². The number of carbonyl (C=O) groups excluding carboxylic acids is 1. The van der Waals surface area contributed by atoms with Crippen molar-refractivity contribution in [2.75, 3.05) is 37.6 Å². The van der Waals surface area contributed by atoms with Crippen LogP contribution >= 0.6 is 0 Å². The monoisotopic (exact) mass is 476 g/mol. The molecule has 0 saturated carbocycles. The molecule has 0 aliphatic carbocycles. The second-order valence-corrected chi connectivity index (χ2v) is 9.29. The van der Waals surface area contributed by atoms with E-state index in [4.69, 9.17) is 4.84 Å². The third-order valence-electron chi connectivity index (χ3n) is 6.85. The SMILES string of the molecule is O=C1c2ccccc2C#Cc2ccccc2N1CC1C=C(c2ccc(CN3CCNCC3)cc2)NO1. The van der Waals surface area contributed by atoms with Crippen molar-refractivity contribution in [3.8, 4) is 11.8 Å². The molecule has 6 rings (SSSR count). The number of nitrogens with one attached hydrogen (secondary N) is 2. The van der Waals surface area contributed by atoms with E-state index >= 15 is 0 Å². The highest BCUT2D eigenvalue weighted by Gasteiger charge is 2.28. The summed E-state index contributed by atoms with van der Waals surface area (Å²) in [5, 5.41) is 3.40. The first kappa shape index (κ1) is 22.6. The van der Waals surface area contributed by atoms with Crippen molar-refractivity contribution in [3.63, 3.8) is 0 Å². The lowest BCUT2D eigenvalue weighted by Gasteiger charge is -2.27. The van der Waals surface area contributed by atoms with E-state index in [1.165, 1.54) is 5.56 Å². The number of hydroxylamine groups is 1. The quantitative estimate of drug-likeness (QED) is 0.553. The van der Waals surface area contributed by atoms with Crippen LogP contribution in [-0.2, 0) is 11.4 Å². The molecule has 0 aromatic heterocycles. The van der Waals surface area contributed by atoms with Crippen molar-refractivity contribution >= 4 is 17.3 Å². The van der Waals surface area contributed by atoms with Crippen LogP contribution in [0.1, 0.15) is 32.6 Å². The minimum atomic E-state index is -0.294. The molecule has 6 nitrogen and oxygen atoms in total. The van der Waals surface area contributed by atoms with Crippen LogP contribution in [0.3, 0.4) is 0 Å². The fourth-order valence-electron chi connectivity index (χ4n) is 4.90. The number of anilines is 1. The number of para-hydroxylation sites is 1. The lowest BCUT2D eigenvalue weighted by atomic mass is 10.0. The summed E-state index contributed by atoms with van der Waals surface area (Å²) in [7, 11) is 0. The molecule has 1 amide bonds. The highest BCUT2D eigenvalue weighted by molar-refractivity contribution is 6.09. The Hall–Kier alpha value is -3.89. The lowest BCUT2D eigenvalue weighted by Crippen LogP contribution is -2.42. The van der Waals surface area contributed by atoms with E-state index in [1.54, 1.807) is 4.90 Å². The smallest absolute Gasteiger partial charge is 0.259 e. The molecule has 3 aliphatic rings. The zero-order chi connectivity index (χ0) is 24.3. The number of hydrogen-bond acceptors (Lipinski definition) is 5. The van der Waals surface area contributed by atoms with Gasteiger partial charge in [-0.1, -0.05) is 60.4 Å². The summed E-state index contributed by atoms with van der Waals surface area (Å²) in [4.78, 5) is 23.8. The number of piperazine rings is 1. The minimum absolute atomic E-state index is 0.0743. The van der Waals surface area contributed by atoms with Gasteiger partial charge in [0, 0.05) is 43.9 Å². The summed E-state index contributed by atoms with van der Waals surface area (Å²) < 4.78 is 0. The molecular formula is C30H28N4O2. The van der Waals surface area contributed by atoms with E-state index in [0.29, 0.717) is 12.1 Å². The zero-order valence-electron chi connectivity index (χ0n) is 20.0. The van der Waals surface area contributed by atoms with Gasteiger partial charge in [0.2, 0.25) is 0 Å². The third kappa shape index (κ3) is 4.65. The van der Waals surface area contributed by atoms with Crippen LogP contribution in [0.4, 0.5) is 5.69 Å². The number of benzene rings is 3. The lowest BCUT2D eigenvalue weighted by molar-refractivity contribution is 0.0540. The topological polar surface area (TPSA) is 56.8 Å². The van der Waals surface area contributed by atoms with Crippen LogP contribution in [0.25, 0.3) is 5.70 Å². The van der Waals surface area contributed by atoms with Gasteiger partial charge in [-0.3, -0.25) is 20.0 Å². The van der Waals surface area contributed by atoms with Crippen molar-refractivity contribution in [2.45, 2.75) is 12.6 Å². The van der Waals surface area contributed by atoms with E-state index in [0.717, 1.165) is 60.8 Å². The average molecular weight is 477 g/mol. The molecule has 6 heteroatoms. The Morgan fingerprint density at radius 1 is 0.889 bits per heavy atom. The molecule has 36 heavy (non-hydrogen) atoms. The molecule has 3 aromatic rings. The van der Waals surface area contributed by atoms with Crippen molar-refractivity contribution in [1.29, 1.82) is 0 Å². The normalized spacial score (nSPS) is 19.2. The van der Waals surface area contributed by atoms with Crippen LogP contribution in [0, 0.1) is 11.8 Å². The molecule has 0 bridgehead atoms. The standard InChI is InChI=1S/C30H28N4O2/c35-30-27-7-3-1-5-23(27)13-14-25-6-2-4-8-29(25)34(30)21-26-19-28(32-36-26)24-11-9-22(10-12-24)20-33-17-15-31-16-18-33/h1-12,19,26,31-32H,15-18,20-21H2. The Morgan fingerprint density at radius 2 is 1.61 bits per heavy atom. The Labute approximate surface area is 211 Å². The summed E-state index contributed by atoms with van der Waals surface area (Å²) in [6.45, 7) is 5.61. The number of amides is 1. The van der Waals surface area contributed by atoms with Gasteiger partial charge in [0.25, 0.3) is 5.91 Å². The Morgan fingerprint density at radius 3 is 2.44 bits per heavy atom. The maximum atomic E-state index is 13.6. The van der Waals surface area contributed by atoms with Crippen molar-refractivity contribution in [1.82, 2.24) is 15.7 Å². The minimum Gasteiger partial charge on any atom is -0.314 e. The predicted molar refractivity (Wildman–Crippen MR) is 141 cm³/mol. The Balaban J connectivity index is 1.21. The van der Waals surface area contributed by atoms with E-state index < -0.39 is 0 Å². The number of nitrogens with zero attached hydrogens (tertiary/aromatic N) is 2. The summed E-state index contributed by atoms with van der Waals surface area (Å²) in [6, 6.07) is 23.9. The molecule has 2 N–H and O–H groups in total. The second kappa shape index (κ2) is 10.00. The van der Waals surface area contributed by atoms with Gasteiger partial charge in [-0.25, -0.2) is 0 Å². The van der Waals surface area contributed by atoms with Crippen LogP contribution < -0.4 is 15.7 Å². The first-order valence-corrected chi connectivity index (χ1v) is 12.4. The van der Waals surface area contributed by atoms with E-state index in [-0.39, 0.29) is 12.0 Å². The summed E-state index contributed by atoms with van der Waals surface area (Å²) >= 11 is 0. The molecule has 1 atom stereocenters. The summed E-state index contributed by atoms with van der Waals surface area (Å²) in [6.07, 6.45) is 1.76. The van der Waals surface area contributed by atoms with Crippen LogP contribution in [0.15, 0.2) is 78.9 Å². The molecule has 0 radical (unpaired) electrons. The van der Waals surface area contributed by atoms with Gasteiger partial charge >= 0.3 is 0 Å². The van der Waals surface area contributed by atoms with Crippen LogP contribution in [0.5, 0.6) is 0 Å². The highest BCUT2D eigenvalue weighted by atomic mass is 16.7. The van der Waals surface area contributed by atoms with Crippen molar-refractivity contribution < 1.29 is 9.63 Å². The summed E-state index contributed by atoms with van der Waals surface area (Å²) in [5.41, 5.74) is 9.34. The maximum Gasteiger partial charge on any atom is 0.259 e. The predicted octanol–water partition coefficient (Wildman–Crippen LogP) is 3.40. The van der Waals surface area contributed by atoms with Crippen LogP contribution in [-0.4, -0.2) is 49.6 Å². The molecule has 1 fully saturated rings. The molecule has 1 unspecified atom stereocenters. The molecule has 3 aromatic carbocycles. The Kier molecular flexibility index (Phi) is 6.27. The van der Waals surface area contributed by atoms with Gasteiger partial charge in [-0.2, -0.15) is 0 Å². The zero-order valence-corrected chi connectivity index (χ0v) is 20.0. The first-order chi connectivity index (χ1) is 17.7. The molecule has 3 aliphatic heterocycles. The second-order valence-electron chi connectivity index (χ2n) is 9.29. The summed E-state index contributed by atoms with van der Waals surface area (Å²) in [5.74, 6) is 6.33. The van der Waals surface area contributed by atoms with Gasteiger partial charge in [0.05, 0.1) is 23.5 Å². The van der Waals surface area contributed by atoms with E-state index in [2.05, 4.69) is 57.9 Å². The maximum absolute atomic E-state index is 13.6. The van der Waals surface area contributed by atoms with Gasteiger partial charge < -0.3 is 10.2 Å². The van der Waals surface area contributed by atoms with Crippen molar-refractivity contribution in [3.05, 3.63) is 107 Å². The highest BCUT2D eigenvalue weighted by Crippen LogP contribution is 2.27. The van der Waals surface area contributed by atoms with Gasteiger partial charge in [0.1, 0.15) is 6.10 Å². The molecular weight excluding hydrogens is 448 g/mol.